The summed E-state index contributed by atoms with van der Waals surface area (Å²) < 4.78 is 26.9. The Morgan fingerprint density at radius 1 is 1.25 bits per heavy atom. The normalized spacial score (nSPS) is 16.6. The van der Waals surface area contributed by atoms with Crippen LogP contribution < -0.4 is 10.6 Å². The van der Waals surface area contributed by atoms with Crippen LogP contribution in [0.25, 0.3) is 11.4 Å². The number of nitrogens with one attached hydrogen (secondary N) is 1. The molecular formula is C13H15F2N5. The van der Waals surface area contributed by atoms with Crippen LogP contribution in [0.2, 0.25) is 0 Å². The van der Waals surface area contributed by atoms with E-state index in [0.29, 0.717) is 5.95 Å². The van der Waals surface area contributed by atoms with Gasteiger partial charge in [0.2, 0.25) is 5.95 Å². The molecule has 106 valence electrons. The highest BCUT2D eigenvalue weighted by Gasteiger charge is 2.20. The predicted molar refractivity (Wildman–Crippen MR) is 71.2 cm³/mol. The molecule has 0 bridgehead atoms. The lowest BCUT2D eigenvalue weighted by molar-refractivity contribution is 0.496. The van der Waals surface area contributed by atoms with Crippen molar-refractivity contribution in [3.63, 3.8) is 0 Å². The summed E-state index contributed by atoms with van der Waals surface area (Å²) in [5, 5.41) is 6.73. The summed E-state index contributed by atoms with van der Waals surface area (Å²) in [7, 11) is 0. The zero-order valence-electron chi connectivity index (χ0n) is 10.8. The average Bonchev–Trinajstić information content (AvgIpc) is 2.92. The molecule has 1 saturated heterocycles. The van der Waals surface area contributed by atoms with Crippen LogP contribution in [-0.4, -0.2) is 34.3 Å². The molecule has 1 aromatic heterocycles. The number of benzene rings is 1. The van der Waals surface area contributed by atoms with E-state index in [2.05, 4.69) is 15.2 Å². The van der Waals surface area contributed by atoms with Crippen LogP contribution in [0.1, 0.15) is 12.8 Å². The fraction of sp³-hybridized carbons (Fsp3) is 0.385. The minimum atomic E-state index is -0.533. The van der Waals surface area contributed by atoms with Crippen LogP contribution in [-0.2, 0) is 0 Å². The number of H-pyrrole nitrogens is 1. The van der Waals surface area contributed by atoms with Gasteiger partial charge < -0.3 is 10.6 Å². The van der Waals surface area contributed by atoms with Gasteiger partial charge in [0.05, 0.1) is 5.56 Å². The Bertz CT molecular complexity index is 605. The molecule has 2 aromatic rings. The van der Waals surface area contributed by atoms with Gasteiger partial charge in [0.15, 0.2) is 5.82 Å². The monoisotopic (exact) mass is 279 g/mol. The van der Waals surface area contributed by atoms with Gasteiger partial charge in [-0.1, -0.05) is 0 Å². The zero-order chi connectivity index (χ0) is 14.1. The van der Waals surface area contributed by atoms with E-state index in [0.717, 1.165) is 44.1 Å². The Hall–Kier alpha value is -2.02. The van der Waals surface area contributed by atoms with Crippen LogP contribution in [0.4, 0.5) is 14.7 Å². The third-order valence-corrected chi connectivity index (χ3v) is 3.48. The van der Waals surface area contributed by atoms with Crippen LogP contribution in [0, 0.1) is 11.6 Å². The fourth-order valence-electron chi connectivity index (χ4n) is 2.29. The number of piperidine rings is 1. The van der Waals surface area contributed by atoms with Gasteiger partial charge in [-0.15, -0.1) is 5.10 Å². The second kappa shape index (κ2) is 5.16. The highest BCUT2D eigenvalue weighted by atomic mass is 19.1. The quantitative estimate of drug-likeness (QED) is 0.877. The van der Waals surface area contributed by atoms with Gasteiger partial charge >= 0.3 is 0 Å². The van der Waals surface area contributed by atoms with E-state index >= 15 is 0 Å². The third kappa shape index (κ3) is 2.49. The van der Waals surface area contributed by atoms with Crippen molar-refractivity contribution in [2.75, 3.05) is 18.0 Å². The van der Waals surface area contributed by atoms with Crippen LogP contribution in [0.5, 0.6) is 0 Å². The first-order chi connectivity index (χ1) is 9.63. The van der Waals surface area contributed by atoms with Gasteiger partial charge in [-0.3, -0.25) is 5.10 Å². The molecule has 3 N–H and O–H groups in total. The molecule has 1 fully saturated rings. The van der Waals surface area contributed by atoms with Gasteiger partial charge in [0, 0.05) is 19.1 Å². The average molecular weight is 279 g/mol. The topological polar surface area (TPSA) is 70.8 Å². The predicted octanol–water partition coefficient (Wildman–Crippen LogP) is 1.68. The van der Waals surface area contributed by atoms with Crippen molar-refractivity contribution >= 4 is 5.95 Å². The highest BCUT2D eigenvalue weighted by Crippen LogP contribution is 2.23. The standard InChI is InChI=1S/C13H15F2N5/c14-8-1-2-11(15)10(7-8)12-17-13(19-18-12)20-5-3-9(16)4-6-20/h1-2,7,9H,3-6,16H2,(H,17,18,19). The maximum Gasteiger partial charge on any atom is 0.245 e. The summed E-state index contributed by atoms with van der Waals surface area (Å²) in [6.45, 7) is 1.54. The molecule has 0 saturated carbocycles. The molecule has 7 heteroatoms. The van der Waals surface area contributed by atoms with Crippen LogP contribution >= 0.6 is 0 Å². The Kier molecular flexibility index (Phi) is 3.35. The van der Waals surface area contributed by atoms with Gasteiger partial charge in [-0.2, -0.15) is 4.98 Å². The lowest BCUT2D eigenvalue weighted by Gasteiger charge is -2.28. The van der Waals surface area contributed by atoms with Gasteiger partial charge in [-0.05, 0) is 31.0 Å². The minimum absolute atomic E-state index is 0.0810. The SMILES string of the molecule is NC1CCN(c2n[nH]c(-c3cc(F)ccc3F)n2)CC1. The number of rotatable bonds is 2. The van der Waals surface area contributed by atoms with Gasteiger partial charge in [-0.25, -0.2) is 8.78 Å². The van der Waals surface area contributed by atoms with Crippen molar-refractivity contribution in [3.05, 3.63) is 29.8 Å². The molecule has 1 aromatic carbocycles. The van der Waals surface area contributed by atoms with Gasteiger partial charge in [0.25, 0.3) is 0 Å². The lowest BCUT2D eigenvalue weighted by Crippen LogP contribution is -2.40. The van der Waals surface area contributed by atoms with Crippen LogP contribution in [0.15, 0.2) is 18.2 Å². The van der Waals surface area contributed by atoms with Crippen molar-refractivity contribution < 1.29 is 8.78 Å². The second-order valence-electron chi connectivity index (χ2n) is 4.93. The zero-order valence-corrected chi connectivity index (χ0v) is 10.8. The first-order valence-electron chi connectivity index (χ1n) is 6.52. The van der Waals surface area contributed by atoms with E-state index in [4.69, 9.17) is 5.73 Å². The number of halogens is 2. The molecule has 3 rings (SSSR count). The van der Waals surface area contributed by atoms with Crippen molar-refractivity contribution in [1.82, 2.24) is 15.2 Å². The Balaban J connectivity index is 1.85. The second-order valence-corrected chi connectivity index (χ2v) is 4.93. The molecule has 0 spiro atoms. The smallest absolute Gasteiger partial charge is 0.245 e. The van der Waals surface area contributed by atoms with Gasteiger partial charge in [0.1, 0.15) is 11.6 Å². The Labute approximate surface area is 114 Å². The van der Waals surface area contributed by atoms with E-state index in [1.54, 1.807) is 0 Å². The fourth-order valence-corrected chi connectivity index (χ4v) is 2.29. The molecule has 0 unspecified atom stereocenters. The molecule has 1 aliphatic rings. The molecule has 0 aliphatic carbocycles. The van der Waals surface area contributed by atoms with E-state index in [1.165, 1.54) is 0 Å². The molecule has 20 heavy (non-hydrogen) atoms. The molecule has 5 nitrogen and oxygen atoms in total. The first kappa shape index (κ1) is 13.0. The summed E-state index contributed by atoms with van der Waals surface area (Å²) in [5.41, 5.74) is 5.92. The maximum absolute atomic E-state index is 13.7. The van der Waals surface area contributed by atoms with Crippen molar-refractivity contribution in [2.24, 2.45) is 5.73 Å². The first-order valence-corrected chi connectivity index (χ1v) is 6.52. The number of anilines is 1. The number of hydrogen-bond acceptors (Lipinski definition) is 4. The number of aromatic amines is 1. The van der Waals surface area contributed by atoms with E-state index in [-0.39, 0.29) is 17.4 Å². The number of aromatic nitrogens is 3. The largest absolute Gasteiger partial charge is 0.339 e. The number of nitrogens with zero attached hydrogens (tertiary/aromatic N) is 3. The summed E-state index contributed by atoms with van der Waals surface area (Å²) in [5.74, 6) is -0.319. The van der Waals surface area contributed by atoms with E-state index in [1.807, 2.05) is 4.90 Å². The van der Waals surface area contributed by atoms with E-state index in [9.17, 15) is 8.78 Å². The minimum Gasteiger partial charge on any atom is -0.339 e. The Morgan fingerprint density at radius 3 is 2.75 bits per heavy atom. The molecule has 1 aliphatic heterocycles. The summed E-state index contributed by atoms with van der Waals surface area (Å²) in [6, 6.07) is 3.46. The van der Waals surface area contributed by atoms with E-state index < -0.39 is 11.6 Å². The van der Waals surface area contributed by atoms with Crippen LogP contribution in [0.3, 0.4) is 0 Å². The lowest BCUT2D eigenvalue weighted by atomic mass is 10.1. The van der Waals surface area contributed by atoms with Crippen molar-refractivity contribution in [1.29, 1.82) is 0 Å². The molecule has 0 atom stereocenters. The maximum atomic E-state index is 13.7. The molecule has 0 radical (unpaired) electrons. The molecule has 0 amide bonds. The van der Waals surface area contributed by atoms with Crippen molar-refractivity contribution in [2.45, 2.75) is 18.9 Å². The summed E-state index contributed by atoms with van der Waals surface area (Å²) in [4.78, 5) is 6.23. The summed E-state index contributed by atoms with van der Waals surface area (Å²) >= 11 is 0. The number of nitrogens with two attached hydrogens (primary N) is 1. The summed E-state index contributed by atoms with van der Waals surface area (Å²) in [6.07, 6.45) is 1.75. The molecule has 2 heterocycles. The third-order valence-electron chi connectivity index (χ3n) is 3.48. The number of hydrogen-bond donors (Lipinski definition) is 2. The van der Waals surface area contributed by atoms with Crippen molar-refractivity contribution in [3.8, 4) is 11.4 Å². The Morgan fingerprint density at radius 2 is 2.00 bits per heavy atom. The molecular weight excluding hydrogens is 264 g/mol. The highest BCUT2D eigenvalue weighted by molar-refractivity contribution is 5.57.